The molecule has 0 aliphatic carbocycles. The first-order valence-electron chi connectivity index (χ1n) is 6.00. The number of fused-ring (bicyclic) bond motifs is 1. The molecule has 1 aromatic carbocycles. The van der Waals surface area contributed by atoms with Crippen molar-refractivity contribution >= 4 is 34.4 Å². The molecule has 0 radical (unpaired) electrons. The van der Waals surface area contributed by atoms with Crippen LogP contribution in [0.2, 0.25) is 0 Å². The van der Waals surface area contributed by atoms with E-state index in [0.717, 1.165) is 21.5 Å². The van der Waals surface area contributed by atoms with Gasteiger partial charge >= 0.3 is 0 Å². The number of methoxy groups -OCH3 is 1. The molecule has 0 amide bonds. The standard InChI is InChI=1S/C15H11N3OS/c1-19-15-10(9-16)4-6-12-14(15)13(18-17-12)7-5-11-3-2-8-20-11/h2-8H,1H3,(H,17,18)/b7-5+. The van der Waals surface area contributed by atoms with Gasteiger partial charge in [-0.2, -0.15) is 10.4 Å². The Morgan fingerprint density at radius 2 is 2.25 bits per heavy atom. The van der Waals surface area contributed by atoms with Crippen LogP contribution in [0.3, 0.4) is 0 Å². The first-order valence-corrected chi connectivity index (χ1v) is 6.88. The molecule has 0 aliphatic rings. The predicted octanol–water partition coefficient (Wildman–Crippen LogP) is 3.68. The number of thiophene rings is 1. The lowest BCUT2D eigenvalue weighted by Crippen LogP contribution is -1.89. The number of aromatic nitrogens is 2. The summed E-state index contributed by atoms with van der Waals surface area (Å²) in [6.45, 7) is 0. The van der Waals surface area contributed by atoms with Crippen LogP contribution in [0.15, 0.2) is 29.6 Å². The molecule has 98 valence electrons. The van der Waals surface area contributed by atoms with E-state index in [1.165, 1.54) is 0 Å². The highest BCUT2D eigenvalue weighted by molar-refractivity contribution is 7.10. The van der Waals surface area contributed by atoms with Crippen LogP contribution in [-0.2, 0) is 0 Å². The Hall–Kier alpha value is -2.58. The molecule has 0 unspecified atom stereocenters. The largest absolute Gasteiger partial charge is 0.495 e. The number of benzene rings is 1. The van der Waals surface area contributed by atoms with Gasteiger partial charge < -0.3 is 4.74 Å². The number of nitrogens with one attached hydrogen (secondary N) is 1. The lowest BCUT2D eigenvalue weighted by molar-refractivity contribution is 0.418. The molecule has 2 aromatic heterocycles. The van der Waals surface area contributed by atoms with Crippen molar-refractivity contribution in [1.29, 1.82) is 5.26 Å². The predicted molar refractivity (Wildman–Crippen MR) is 80.6 cm³/mol. The molecular formula is C15H11N3OS. The summed E-state index contributed by atoms with van der Waals surface area (Å²) in [4.78, 5) is 1.15. The summed E-state index contributed by atoms with van der Waals surface area (Å²) in [5.74, 6) is 0.560. The van der Waals surface area contributed by atoms with E-state index in [4.69, 9.17) is 10.00 Å². The topological polar surface area (TPSA) is 61.7 Å². The number of nitriles is 1. The first kappa shape index (κ1) is 12.5. The molecule has 0 spiro atoms. The minimum atomic E-state index is 0.507. The van der Waals surface area contributed by atoms with E-state index >= 15 is 0 Å². The first-order chi connectivity index (χ1) is 9.83. The quantitative estimate of drug-likeness (QED) is 0.796. The van der Waals surface area contributed by atoms with Crippen LogP contribution >= 0.6 is 11.3 Å². The second-order valence-electron chi connectivity index (χ2n) is 4.14. The van der Waals surface area contributed by atoms with Gasteiger partial charge in [-0.05, 0) is 35.7 Å². The van der Waals surface area contributed by atoms with Gasteiger partial charge in [0.25, 0.3) is 0 Å². The maximum absolute atomic E-state index is 9.14. The fraction of sp³-hybridized carbons (Fsp3) is 0.0667. The molecule has 1 N–H and O–H groups in total. The molecule has 3 aromatic rings. The lowest BCUT2D eigenvalue weighted by atomic mass is 10.1. The van der Waals surface area contributed by atoms with Crippen LogP contribution in [0.5, 0.6) is 5.75 Å². The SMILES string of the molecule is COc1c(C#N)ccc2[nH]nc(/C=C/c3cccs3)c12. The number of hydrogen-bond donors (Lipinski definition) is 1. The van der Waals surface area contributed by atoms with Crippen molar-refractivity contribution < 1.29 is 4.74 Å². The molecule has 4 nitrogen and oxygen atoms in total. The van der Waals surface area contributed by atoms with Crippen LogP contribution in [0.4, 0.5) is 0 Å². The van der Waals surface area contributed by atoms with Gasteiger partial charge in [0.2, 0.25) is 0 Å². The molecule has 0 saturated heterocycles. The molecule has 5 heteroatoms. The van der Waals surface area contributed by atoms with Gasteiger partial charge in [0.15, 0.2) is 0 Å². The van der Waals surface area contributed by atoms with Crippen molar-refractivity contribution in [3.8, 4) is 11.8 Å². The minimum absolute atomic E-state index is 0.507. The van der Waals surface area contributed by atoms with Crippen molar-refractivity contribution in [2.75, 3.05) is 7.11 Å². The van der Waals surface area contributed by atoms with E-state index in [0.29, 0.717) is 11.3 Å². The number of nitrogens with zero attached hydrogens (tertiary/aromatic N) is 2. The Morgan fingerprint density at radius 3 is 2.95 bits per heavy atom. The Balaban J connectivity index is 2.14. The molecule has 0 saturated carbocycles. The number of H-pyrrole nitrogens is 1. The number of rotatable bonds is 3. The Labute approximate surface area is 119 Å². The maximum Gasteiger partial charge on any atom is 0.148 e. The molecule has 0 fully saturated rings. The fourth-order valence-corrected chi connectivity index (χ4v) is 2.69. The summed E-state index contributed by atoms with van der Waals surface area (Å²) in [6.07, 6.45) is 3.92. The zero-order valence-electron chi connectivity index (χ0n) is 10.8. The lowest BCUT2D eigenvalue weighted by Gasteiger charge is -2.04. The molecule has 20 heavy (non-hydrogen) atoms. The van der Waals surface area contributed by atoms with Crippen molar-refractivity contribution in [2.24, 2.45) is 0 Å². The molecule has 0 aliphatic heterocycles. The van der Waals surface area contributed by atoms with E-state index in [-0.39, 0.29) is 0 Å². The molecular weight excluding hydrogens is 270 g/mol. The summed E-state index contributed by atoms with van der Waals surface area (Å²) in [5, 5.41) is 19.2. The highest BCUT2D eigenvalue weighted by Crippen LogP contribution is 2.31. The second-order valence-corrected chi connectivity index (χ2v) is 5.12. The van der Waals surface area contributed by atoms with Crippen molar-refractivity contribution in [3.05, 3.63) is 45.8 Å². The average Bonchev–Trinajstić information content (AvgIpc) is 3.13. The van der Waals surface area contributed by atoms with E-state index < -0.39 is 0 Å². The molecule has 3 rings (SSSR count). The zero-order chi connectivity index (χ0) is 13.9. The highest BCUT2D eigenvalue weighted by Gasteiger charge is 2.13. The number of hydrogen-bond acceptors (Lipinski definition) is 4. The number of aromatic amines is 1. The van der Waals surface area contributed by atoms with Gasteiger partial charge in [0, 0.05) is 4.88 Å². The van der Waals surface area contributed by atoms with Gasteiger partial charge in [0.1, 0.15) is 11.8 Å². The van der Waals surface area contributed by atoms with E-state index in [2.05, 4.69) is 16.3 Å². The monoisotopic (exact) mass is 281 g/mol. The summed E-state index contributed by atoms with van der Waals surface area (Å²) < 4.78 is 5.37. The van der Waals surface area contributed by atoms with Gasteiger partial charge in [-0.25, -0.2) is 0 Å². The second kappa shape index (κ2) is 5.19. The van der Waals surface area contributed by atoms with E-state index in [1.807, 2.05) is 35.7 Å². The van der Waals surface area contributed by atoms with Gasteiger partial charge in [0.05, 0.1) is 29.3 Å². The van der Waals surface area contributed by atoms with Crippen LogP contribution < -0.4 is 4.74 Å². The third-order valence-corrected chi connectivity index (χ3v) is 3.82. The summed E-state index contributed by atoms with van der Waals surface area (Å²) in [7, 11) is 1.56. The average molecular weight is 281 g/mol. The van der Waals surface area contributed by atoms with Crippen LogP contribution in [0, 0.1) is 11.3 Å². The maximum atomic E-state index is 9.14. The smallest absolute Gasteiger partial charge is 0.148 e. The Bertz CT molecular complexity index is 810. The number of ether oxygens (including phenoxy) is 1. The van der Waals surface area contributed by atoms with Gasteiger partial charge in [-0.15, -0.1) is 11.3 Å². The van der Waals surface area contributed by atoms with E-state index in [1.54, 1.807) is 24.5 Å². The highest BCUT2D eigenvalue weighted by atomic mass is 32.1. The van der Waals surface area contributed by atoms with Crippen LogP contribution in [0.25, 0.3) is 23.1 Å². The summed E-state index contributed by atoms with van der Waals surface area (Å²) in [6, 6.07) is 9.74. The van der Waals surface area contributed by atoms with Gasteiger partial charge in [-0.1, -0.05) is 6.07 Å². The van der Waals surface area contributed by atoms with E-state index in [9.17, 15) is 0 Å². The summed E-state index contributed by atoms with van der Waals surface area (Å²) in [5.41, 5.74) is 2.13. The molecule has 0 atom stereocenters. The van der Waals surface area contributed by atoms with Crippen molar-refractivity contribution in [2.45, 2.75) is 0 Å². The minimum Gasteiger partial charge on any atom is -0.495 e. The zero-order valence-corrected chi connectivity index (χ0v) is 11.6. The normalized spacial score (nSPS) is 11.0. The Morgan fingerprint density at radius 1 is 1.35 bits per heavy atom. The third-order valence-electron chi connectivity index (χ3n) is 2.98. The molecule has 0 bridgehead atoms. The van der Waals surface area contributed by atoms with Gasteiger partial charge in [-0.3, -0.25) is 5.10 Å². The Kier molecular flexibility index (Phi) is 3.23. The van der Waals surface area contributed by atoms with Crippen molar-refractivity contribution in [3.63, 3.8) is 0 Å². The molecule has 2 heterocycles. The fourth-order valence-electron chi connectivity index (χ4n) is 2.07. The van der Waals surface area contributed by atoms with Crippen LogP contribution in [0.1, 0.15) is 16.1 Å². The summed E-state index contributed by atoms with van der Waals surface area (Å²) >= 11 is 1.66. The van der Waals surface area contributed by atoms with Crippen LogP contribution in [-0.4, -0.2) is 17.3 Å². The third kappa shape index (κ3) is 2.06. The van der Waals surface area contributed by atoms with Crippen molar-refractivity contribution in [1.82, 2.24) is 10.2 Å².